The molecule has 1 aliphatic heterocycles. The van der Waals surface area contributed by atoms with Crippen LogP contribution < -0.4 is 5.32 Å². The minimum Gasteiger partial charge on any atom is -0.339 e. The fraction of sp³-hybridized carbons (Fsp3) is 0.350. The van der Waals surface area contributed by atoms with Crippen molar-refractivity contribution in [1.29, 1.82) is 0 Å². The Morgan fingerprint density at radius 1 is 1.12 bits per heavy atom. The van der Waals surface area contributed by atoms with Gasteiger partial charge in [0, 0.05) is 40.4 Å². The lowest BCUT2D eigenvalue weighted by Gasteiger charge is -2.31. The van der Waals surface area contributed by atoms with E-state index in [-0.39, 0.29) is 18.3 Å². The van der Waals surface area contributed by atoms with Gasteiger partial charge >= 0.3 is 0 Å². The van der Waals surface area contributed by atoms with E-state index < -0.39 is 0 Å². The summed E-state index contributed by atoms with van der Waals surface area (Å²) in [6.07, 6.45) is 2.05. The van der Waals surface area contributed by atoms with Gasteiger partial charge in [0.1, 0.15) is 0 Å². The molecule has 0 spiro atoms. The Kier molecular flexibility index (Phi) is 8.29. The van der Waals surface area contributed by atoms with Gasteiger partial charge in [0.2, 0.25) is 0 Å². The Balaban J connectivity index is 0.00000243. The van der Waals surface area contributed by atoms with Crippen molar-refractivity contribution < 1.29 is 4.79 Å². The van der Waals surface area contributed by atoms with Gasteiger partial charge in [-0.3, -0.25) is 4.79 Å². The van der Waals surface area contributed by atoms with Crippen molar-refractivity contribution >= 4 is 41.7 Å². The number of hydrogen-bond acceptors (Lipinski definition) is 3. The van der Waals surface area contributed by atoms with Crippen LogP contribution in [0.3, 0.4) is 0 Å². The first kappa shape index (κ1) is 21.1. The zero-order valence-electron chi connectivity index (χ0n) is 14.8. The lowest BCUT2D eigenvalue weighted by molar-refractivity contribution is 0.0707. The van der Waals surface area contributed by atoms with Crippen LogP contribution in [0.1, 0.15) is 28.8 Å². The molecule has 1 aliphatic rings. The fourth-order valence-corrected chi connectivity index (χ4v) is 3.98. The minimum absolute atomic E-state index is 0. The van der Waals surface area contributed by atoms with Crippen LogP contribution in [0, 0.1) is 0 Å². The van der Waals surface area contributed by atoms with E-state index >= 15 is 0 Å². The van der Waals surface area contributed by atoms with Crippen molar-refractivity contribution in [2.75, 3.05) is 20.1 Å². The molecule has 1 N–H and O–H groups in total. The van der Waals surface area contributed by atoms with E-state index in [2.05, 4.69) is 17.4 Å². The summed E-state index contributed by atoms with van der Waals surface area (Å²) in [7, 11) is 1.99. The number of thioether (sulfide) groups is 1. The van der Waals surface area contributed by atoms with Crippen LogP contribution in [0.5, 0.6) is 0 Å². The third kappa shape index (κ3) is 5.65. The van der Waals surface area contributed by atoms with Gasteiger partial charge in [-0.05, 0) is 61.9 Å². The summed E-state index contributed by atoms with van der Waals surface area (Å²) in [5.41, 5.74) is 1.99. The van der Waals surface area contributed by atoms with Crippen LogP contribution in [0.25, 0.3) is 0 Å². The normalized spacial score (nSPS) is 14.8. The molecule has 140 valence electrons. The first-order chi connectivity index (χ1) is 12.2. The van der Waals surface area contributed by atoms with Crippen LogP contribution in [-0.4, -0.2) is 37.0 Å². The molecule has 0 saturated carbocycles. The number of hydrogen-bond donors (Lipinski definition) is 1. The molecular weight excluding hydrogens is 387 g/mol. The summed E-state index contributed by atoms with van der Waals surface area (Å²) in [6, 6.07) is 16.4. The smallest absolute Gasteiger partial charge is 0.253 e. The molecule has 1 fully saturated rings. The van der Waals surface area contributed by atoms with Crippen molar-refractivity contribution in [2.45, 2.75) is 29.5 Å². The number of rotatable bonds is 5. The Hall–Kier alpha value is -1.20. The monoisotopic (exact) mass is 410 g/mol. The van der Waals surface area contributed by atoms with Crippen LogP contribution in [0.4, 0.5) is 0 Å². The number of carbonyl (C=O) groups is 1. The molecule has 1 heterocycles. The first-order valence-corrected chi connectivity index (χ1v) is 9.96. The summed E-state index contributed by atoms with van der Waals surface area (Å²) in [5.74, 6) is 1.02. The third-order valence-electron chi connectivity index (χ3n) is 4.61. The van der Waals surface area contributed by atoms with E-state index in [1.807, 2.05) is 48.3 Å². The van der Waals surface area contributed by atoms with Gasteiger partial charge in [-0.15, -0.1) is 24.2 Å². The SMILES string of the molecule is CNC1CCN(C(=O)c2ccc(CSc3ccc(Cl)cc3)cc2)CC1.Cl. The molecule has 0 unspecified atom stereocenters. The second kappa shape index (κ2) is 10.2. The van der Waals surface area contributed by atoms with Gasteiger partial charge in [-0.2, -0.15) is 0 Å². The summed E-state index contributed by atoms with van der Waals surface area (Å²) < 4.78 is 0. The van der Waals surface area contributed by atoms with Gasteiger partial charge in [-0.1, -0.05) is 23.7 Å². The maximum Gasteiger partial charge on any atom is 0.253 e. The average Bonchev–Trinajstić information content (AvgIpc) is 2.67. The number of amides is 1. The molecule has 0 atom stereocenters. The van der Waals surface area contributed by atoms with Gasteiger partial charge < -0.3 is 10.2 Å². The molecule has 0 aromatic heterocycles. The van der Waals surface area contributed by atoms with Crippen LogP contribution >= 0.6 is 35.8 Å². The Morgan fingerprint density at radius 2 is 1.73 bits per heavy atom. The van der Waals surface area contributed by atoms with Crippen LogP contribution in [-0.2, 0) is 5.75 Å². The van der Waals surface area contributed by atoms with E-state index in [9.17, 15) is 4.79 Å². The number of nitrogens with zero attached hydrogens (tertiary/aromatic N) is 1. The minimum atomic E-state index is 0. The maximum absolute atomic E-state index is 12.6. The number of likely N-dealkylation sites (tertiary alicyclic amines) is 1. The summed E-state index contributed by atoms with van der Waals surface area (Å²) >= 11 is 7.67. The highest BCUT2D eigenvalue weighted by Crippen LogP contribution is 2.24. The number of benzene rings is 2. The molecule has 3 rings (SSSR count). The zero-order valence-corrected chi connectivity index (χ0v) is 17.2. The highest BCUT2D eigenvalue weighted by Gasteiger charge is 2.22. The molecule has 0 aliphatic carbocycles. The predicted octanol–water partition coefficient (Wildman–Crippen LogP) is 4.88. The highest BCUT2D eigenvalue weighted by molar-refractivity contribution is 7.98. The molecule has 2 aromatic carbocycles. The quantitative estimate of drug-likeness (QED) is 0.712. The van der Waals surface area contributed by atoms with Gasteiger partial charge in [0.25, 0.3) is 5.91 Å². The van der Waals surface area contributed by atoms with Crippen molar-refractivity contribution in [1.82, 2.24) is 10.2 Å². The standard InChI is InChI=1S/C20H23ClN2OS.ClH/c1-22-18-10-12-23(13-11-18)20(24)16-4-2-15(3-5-16)14-25-19-8-6-17(21)7-9-19;/h2-9,18,22H,10-14H2,1H3;1H. The number of carbonyl (C=O) groups excluding carboxylic acids is 1. The molecular formula is C20H24Cl2N2OS. The molecule has 3 nitrogen and oxygen atoms in total. The fourth-order valence-electron chi connectivity index (χ4n) is 2.99. The average molecular weight is 411 g/mol. The second-order valence-electron chi connectivity index (χ2n) is 6.29. The number of halogens is 2. The lowest BCUT2D eigenvalue weighted by atomic mass is 10.0. The second-order valence-corrected chi connectivity index (χ2v) is 7.78. The molecule has 0 radical (unpaired) electrons. The van der Waals surface area contributed by atoms with Gasteiger partial charge in [0.05, 0.1) is 0 Å². The maximum atomic E-state index is 12.6. The summed E-state index contributed by atoms with van der Waals surface area (Å²) in [6.45, 7) is 1.66. The van der Waals surface area contributed by atoms with Gasteiger partial charge in [0.15, 0.2) is 0 Å². The lowest BCUT2D eigenvalue weighted by Crippen LogP contribution is -2.43. The molecule has 0 bridgehead atoms. The van der Waals surface area contributed by atoms with Gasteiger partial charge in [-0.25, -0.2) is 0 Å². The van der Waals surface area contributed by atoms with Crippen molar-refractivity contribution in [3.8, 4) is 0 Å². The van der Waals surface area contributed by atoms with E-state index in [0.29, 0.717) is 6.04 Å². The first-order valence-electron chi connectivity index (χ1n) is 8.59. The van der Waals surface area contributed by atoms with E-state index in [4.69, 9.17) is 11.6 Å². The van der Waals surface area contributed by atoms with Crippen molar-refractivity contribution in [2.24, 2.45) is 0 Å². The van der Waals surface area contributed by atoms with E-state index in [0.717, 1.165) is 42.3 Å². The molecule has 1 amide bonds. The third-order valence-corrected chi connectivity index (χ3v) is 5.95. The molecule has 2 aromatic rings. The van der Waals surface area contributed by atoms with Crippen LogP contribution in [0.2, 0.25) is 5.02 Å². The number of nitrogens with one attached hydrogen (secondary N) is 1. The van der Waals surface area contributed by atoms with E-state index in [1.165, 1.54) is 10.5 Å². The highest BCUT2D eigenvalue weighted by atomic mass is 35.5. The van der Waals surface area contributed by atoms with Crippen molar-refractivity contribution in [3.05, 3.63) is 64.7 Å². The Morgan fingerprint density at radius 3 is 2.31 bits per heavy atom. The topological polar surface area (TPSA) is 32.3 Å². The summed E-state index contributed by atoms with van der Waals surface area (Å²) in [5, 5.41) is 4.05. The largest absolute Gasteiger partial charge is 0.339 e. The number of piperidine rings is 1. The molecule has 6 heteroatoms. The summed E-state index contributed by atoms with van der Waals surface area (Å²) in [4.78, 5) is 15.8. The zero-order chi connectivity index (χ0) is 17.6. The molecule has 1 saturated heterocycles. The van der Waals surface area contributed by atoms with Crippen molar-refractivity contribution in [3.63, 3.8) is 0 Å². The molecule has 26 heavy (non-hydrogen) atoms. The Bertz CT molecular complexity index is 699. The predicted molar refractivity (Wildman–Crippen MR) is 113 cm³/mol. The Labute approximate surface area is 170 Å². The van der Waals surface area contributed by atoms with E-state index in [1.54, 1.807) is 11.8 Å². The van der Waals surface area contributed by atoms with Crippen LogP contribution in [0.15, 0.2) is 53.4 Å².